The summed E-state index contributed by atoms with van der Waals surface area (Å²) in [7, 11) is 1.57. The van der Waals surface area contributed by atoms with E-state index in [1.807, 2.05) is 49.4 Å². The monoisotopic (exact) mass is 625 g/mol. The van der Waals surface area contributed by atoms with Crippen LogP contribution in [0.25, 0.3) is 0 Å². The summed E-state index contributed by atoms with van der Waals surface area (Å²) in [5, 5.41) is 6.07. The second-order valence-electron chi connectivity index (χ2n) is 11.3. The third-order valence-electron chi connectivity index (χ3n) is 8.10. The molecule has 0 aliphatic heterocycles. The summed E-state index contributed by atoms with van der Waals surface area (Å²) in [6.07, 6.45) is 5.73. The molecule has 4 N–H and O–H groups in total. The topological polar surface area (TPSA) is 127 Å². The standard InChI is InChI=1S/C35H39N5O4S/c1-23-13-17-27(18-14-23)40(35(43)32-29(36)30(39-45-32)33(41)38-26-11-7-4-8-12-26)31(25-15-19-28(44-2)20-16-25)34(42)37-22-21-24-9-5-3-6-10-24/h3,5-6,9-10,13-20,26,31H,4,7-8,11-12,21-22,36H2,1-2H3,(H,37,42)(H,38,41)/t31-/m1/s1. The van der Waals surface area contributed by atoms with Gasteiger partial charge in [0, 0.05) is 18.3 Å². The van der Waals surface area contributed by atoms with Crippen LogP contribution in [0.4, 0.5) is 11.4 Å². The highest BCUT2D eigenvalue weighted by atomic mass is 32.1. The summed E-state index contributed by atoms with van der Waals surface area (Å²) in [6, 6.07) is 23.3. The number of nitrogen functional groups attached to an aromatic ring is 1. The van der Waals surface area contributed by atoms with E-state index in [-0.39, 0.29) is 34.1 Å². The molecule has 234 valence electrons. The molecule has 9 nitrogen and oxygen atoms in total. The number of ether oxygens (including phenoxy) is 1. The molecule has 1 saturated carbocycles. The van der Waals surface area contributed by atoms with Crippen LogP contribution in [-0.4, -0.2) is 41.8 Å². The molecule has 0 unspecified atom stereocenters. The zero-order valence-electron chi connectivity index (χ0n) is 25.6. The van der Waals surface area contributed by atoms with Gasteiger partial charge in [0.1, 0.15) is 16.7 Å². The van der Waals surface area contributed by atoms with Gasteiger partial charge in [-0.25, -0.2) is 0 Å². The van der Waals surface area contributed by atoms with E-state index in [9.17, 15) is 14.4 Å². The lowest BCUT2D eigenvalue weighted by Crippen LogP contribution is -2.44. The molecule has 0 saturated heterocycles. The molecule has 4 aromatic rings. The largest absolute Gasteiger partial charge is 0.497 e. The van der Waals surface area contributed by atoms with E-state index in [1.165, 1.54) is 4.90 Å². The van der Waals surface area contributed by atoms with Gasteiger partial charge >= 0.3 is 0 Å². The first-order chi connectivity index (χ1) is 21.9. The molecule has 3 aromatic carbocycles. The van der Waals surface area contributed by atoms with Crippen LogP contribution in [0.2, 0.25) is 0 Å². The van der Waals surface area contributed by atoms with Gasteiger partial charge in [-0.2, -0.15) is 4.37 Å². The Morgan fingerprint density at radius 2 is 1.67 bits per heavy atom. The smallest absolute Gasteiger partial charge is 0.273 e. The molecule has 1 heterocycles. The fraction of sp³-hybridized carbons (Fsp3) is 0.314. The van der Waals surface area contributed by atoms with Crippen LogP contribution in [0.5, 0.6) is 5.75 Å². The third kappa shape index (κ3) is 7.69. The third-order valence-corrected chi connectivity index (χ3v) is 8.95. The number of nitrogens with two attached hydrogens (primary N) is 1. The molecule has 0 spiro atoms. The average Bonchev–Trinajstić information content (AvgIpc) is 3.46. The first-order valence-electron chi connectivity index (χ1n) is 15.3. The highest BCUT2D eigenvalue weighted by Crippen LogP contribution is 2.34. The van der Waals surface area contributed by atoms with Gasteiger partial charge in [-0.1, -0.05) is 79.4 Å². The first kappa shape index (κ1) is 31.7. The fourth-order valence-corrected chi connectivity index (χ4v) is 6.32. The van der Waals surface area contributed by atoms with E-state index in [1.54, 1.807) is 43.5 Å². The molecular formula is C35H39N5O4S. The minimum atomic E-state index is -1.05. The van der Waals surface area contributed by atoms with Gasteiger partial charge in [0.05, 0.1) is 12.8 Å². The lowest BCUT2D eigenvalue weighted by molar-refractivity contribution is -0.122. The second kappa shape index (κ2) is 14.9. The summed E-state index contributed by atoms with van der Waals surface area (Å²) in [4.78, 5) is 43.3. The van der Waals surface area contributed by atoms with E-state index in [0.717, 1.165) is 54.8 Å². The Bertz CT molecular complexity index is 1600. The Labute approximate surface area is 268 Å². The van der Waals surface area contributed by atoms with Crippen molar-refractivity contribution in [3.63, 3.8) is 0 Å². The highest BCUT2D eigenvalue weighted by molar-refractivity contribution is 7.09. The van der Waals surface area contributed by atoms with Crippen LogP contribution in [0.3, 0.4) is 0 Å². The fourth-order valence-electron chi connectivity index (χ4n) is 5.59. The molecule has 45 heavy (non-hydrogen) atoms. The van der Waals surface area contributed by atoms with E-state index in [4.69, 9.17) is 10.5 Å². The number of nitrogens with zero attached hydrogens (tertiary/aromatic N) is 2. The Balaban J connectivity index is 1.49. The molecule has 0 bridgehead atoms. The summed E-state index contributed by atoms with van der Waals surface area (Å²) >= 11 is 0.868. The number of hydrogen-bond acceptors (Lipinski definition) is 7. The van der Waals surface area contributed by atoms with Crippen LogP contribution >= 0.6 is 11.5 Å². The minimum Gasteiger partial charge on any atom is -0.497 e. The van der Waals surface area contributed by atoms with E-state index < -0.39 is 11.9 Å². The Morgan fingerprint density at radius 3 is 2.33 bits per heavy atom. The molecule has 3 amide bonds. The molecular weight excluding hydrogens is 586 g/mol. The number of benzene rings is 3. The van der Waals surface area contributed by atoms with E-state index >= 15 is 0 Å². The van der Waals surface area contributed by atoms with E-state index in [2.05, 4.69) is 15.0 Å². The lowest BCUT2D eigenvalue weighted by atomic mass is 9.95. The summed E-state index contributed by atoms with van der Waals surface area (Å²) in [6.45, 7) is 2.32. The predicted octanol–water partition coefficient (Wildman–Crippen LogP) is 5.85. The van der Waals surface area contributed by atoms with Crippen molar-refractivity contribution in [1.29, 1.82) is 0 Å². The van der Waals surface area contributed by atoms with Crippen LogP contribution in [0.1, 0.15) is 75.0 Å². The number of hydrogen-bond donors (Lipinski definition) is 3. The number of nitrogens with one attached hydrogen (secondary N) is 2. The normalized spacial score (nSPS) is 13.9. The zero-order valence-corrected chi connectivity index (χ0v) is 26.4. The van der Waals surface area contributed by atoms with Gasteiger partial charge in [0.15, 0.2) is 5.69 Å². The Morgan fingerprint density at radius 1 is 0.978 bits per heavy atom. The van der Waals surface area contributed by atoms with Crippen molar-refractivity contribution in [1.82, 2.24) is 15.0 Å². The van der Waals surface area contributed by atoms with Gasteiger partial charge in [-0.05, 0) is 73.1 Å². The number of carbonyl (C=O) groups is 3. The quantitative estimate of drug-likeness (QED) is 0.192. The van der Waals surface area contributed by atoms with Crippen molar-refractivity contribution in [2.75, 3.05) is 24.3 Å². The van der Waals surface area contributed by atoms with Gasteiger partial charge < -0.3 is 21.1 Å². The van der Waals surface area contributed by atoms with E-state index in [0.29, 0.717) is 30.0 Å². The molecule has 1 aliphatic rings. The van der Waals surface area contributed by atoms with Crippen LogP contribution < -0.4 is 26.0 Å². The molecule has 5 rings (SSSR count). The molecule has 1 atom stereocenters. The number of aromatic nitrogens is 1. The van der Waals surface area contributed by atoms with Gasteiger partial charge in [-0.3, -0.25) is 19.3 Å². The summed E-state index contributed by atoms with van der Waals surface area (Å²) in [5.41, 5.74) is 9.68. The summed E-state index contributed by atoms with van der Waals surface area (Å²) in [5.74, 6) is -0.648. The first-order valence-corrected chi connectivity index (χ1v) is 16.0. The van der Waals surface area contributed by atoms with Crippen LogP contribution in [0, 0.1) is 6.92 Å². The van der Waals surface area contributed by atoms with Gasteiger partial charge in [0.25, 0.3) is 11.8 Å². The number of carbonyl (C=O) groups excluding carboxylic acids is 3. The Kier molecular flexibility index (Phi) is 10.5. The zero-order chi connectivity index (χ0) is 31.8. The Hall–Kier alpha value is -4.70. The maximum absolute atomic E-state index is 14.5. The van der Waals surface area contributed by atoms with Crippen LogP contribution in [0.15, 0.2) is 78.9 Å². The SMILES string of the molecule is COc1ccc([C@H](C(=O)NCCc2ccccc2)N(C(=O)c2snc(C(=O)NC3CCCCC3)c2N)c2ccc(C)cc2)cc1. The van der Waals surface area contributed by atoms with Crippen molar-refractivity contribution < 1.29 is 19.1 Å². The van der Waals surface area contributed by atoms with Gasteiger partial charge in [0.2, 0.25) is 5.91 Å². The number of aryl methyl sites for hydroxylation is 1. The van der Waals surface area contributed by atoms with Crippen molar-refractivity contribution >= 4 is 40.6 Å². The van der Waals surface area contributed by atoms with Crippen molar-refractivity contribution in [2.24, 2.45) is 0 Å². The summed E-state index contributed by atoms with van der Waals surface area (Å²) < 4.78 is 9.67. The molecule has 10 heteroatoms. The number of anilines is 2. The molecule has 1 aromatic heterocycles. The molecule has 1 fully saturated rings. The maximum atomic E-state index is 14.5. The van der Waals surface area contributed by atoms with Gasteiger partial charge in [-0.15, -0.1) is 0 Å². The molecule has 1 aliphatic carbocycles. The van der Waals surface area contributed by atoms with Crippen molar-refractivity contribution in [3.8, 4) is 5.75 Å². The van der Waals surface area contributed by atoms with Crippen molar-refractivity contribution in [3.05, 3.63) is 106 Å². The average molecular weight is 626 g/mol. The minimum absolute atomic E-state index is 0.00777. The maximum Gasteiger partial charge on any atom is 0.273 e. The highest BCUT2D eigenvalue weighted by Gasteiger charge is 2.36. The predicted molar refractivity (Wildman–Crippen MR) is 178 cm³/mol. The number of amides is 3. The second-order valence-corrected chi connectivity index (χ2v) is 12.1. The number of rotatable bonds is 11. The lowest BCUT2D eigenvalue weighted by Gasteiger charge is -2.31. The number of methoxy groups -OCH3 is 1. The molecule has 0 radical (unpaired) electrons. The van der Waals surface area contributed by atoms with Crippen molar-refractivity contribution in [2.45, 2.75) is 57.5 Å². The van der Waals surface area contributed by atoms with Crippen LogP contribution in [-0.2, 0) is 11.2 Å².